The van der Waals surface area contributed by atoms with E-state index in [-0.39, 0.29) is 30.9 Å². The zero-order valence-electron chi connectivity index (χ0n) is 11.0. The Kier molecular flexibility index (Phi) is 5.10. The Morgan fingerprint density at radius 1 is 1.39 bits per heavy atom. The highest BCUT2D eigenvalue weighted by molar-refractivity contribution is 5.81. The van der Waals surface area contributed by atoms with Crippen LogP contribution in [0.4, 0.5) is 0 Å². The van der Waals surface area contributed by atoms with Gasteiger partial charge in [-0.25, -0.2) is 0 Å². The van der Waals surface area contributed by atoms with Crippen LogP contribution in [0.1, 0.15) is 26.7 Å². The smallest absolute Gasteiger partial charge is 0.225 e. The van der Waals surface area contributed by atoms with Gasteiger partial charge in [0.15, 0.2) is 0 Å². The molecule has 0 aliphatic carbocycles. The number of aliphatic hydroxyl groups excluding tert-OH is 2. The van der Waals surface area contributed by atoms with Crippen LogP contribution < -0.4 is 5.32 Å². The lowest BCUT2D eigenvalue weighted by Gasteiger charge is -2.34. The average Bonchev–Trinajstić information content (AvgIpc) is 2.38. The van der Waals surface area contributed by atoms with Crippen LogP contribution in [-0.4, -0.2) is 58.8 Å². The molecule has 0 saturated carbocycles. The van der Waals surface area contributed by atoms with E-state index in [1.807, 2.05) is 0 Å². The minimum atomic E-state index is -1.00. The number of likely N-dealkylation sites (tertiary alicyclic amines) is 1. The number of hydrogen-bond donors (Lipinski definition) is 3. The minimum Gasteiger partial charge on any atom is -0.394 e. The average molecular weight is 258 g/mol. The van der Waals surface area contributed by atoms with Gasteiger partial charge in [-0.3, -0.25) is 9.59 Å². The summed E-state index contributed by atoms with van der Waals surface area (Å²) < 4.78 is 0. The van der Waals surface area contributed by atoms with E-state index in [9.17, 15) is 9.59 Å². The molecule has 3 N–H and O–H groups in total. The molecule has 0 aromatic carbocycles. The lowest BCUT2D eigenvalue weighted by Crippen LogP contribution is -2.55. The quantitative estimate of drug-likeness (QED) is 0.610. The zero-order valence-corrected chi connectivity index (χ0v) is 11.0. The van der Waals surface area contributed by atoms with Gasteiger partial charge in [-0.1, -0.05) is 0 Å². The summed E-state index contributed by atoms with van der Waals surface area (Å²) >= 11 is 0. The first-order valence-corrected chi connectivity index (χ1v) is 6.21. The van der Waals surface area contributed by atoms with Crippen molar-refractivity contribution in [1.29, 1.82) is 0 Å². The molecule has 1 heterocycles. The fourth-order valence-electron chi connectivity index (χ4n) is 2.01. The summed E-state index contributed by atoms with van der Waals surface area (Å²) in [7, 11) is 0. The summed E-state index contributed by atoms with van der Waals surface area (Å²) in [6.45, 7) is 3.53. The number of nitrogens with one attached hydrogen (secondary N) is 1. The number of nitrogens with zero attached hydrogens (tertiary/aromatic N) is 1. The largest absolute Gasteiger partial charge is 0.394 e. The SMILES string of the molecule is CC(=O)N1CCCC(C(=O)NC(C)(CO)CO)C1. The van der Waals surface area contributed by atoms with Crippen LogP contribution in [0.3, 0.4) is 0 Å². The summed E-state index contributed by atoms with van der Waals surface area (Å²) in [4.78, 5) is 25.0. The highest BCUT2D eigenvalue weighted by atomic mass is 16.3. The van der Waals surface area contributed by atoms with Crippen molar-refractivity contribution in [3.05, 3.63) is 0 Å². The van der Waals surface area contributed by atoms with Gasteiger partial charge in [-0.15, -0.1) is 0 Å². The van der Waals surface area contributed by atoms with Crippen LogP contribution in [0.15, 0.2) is 0 Å². The van der Waals surface area contributed by atoms with E-state index in [0.717, 1.165) is 12.8 Å². The maximum Gasteiger partial charge on any atom is 0.225 e. The molecule has 6 nitrogen and oxygen atoms in total. The maximum atomic E-state index is 12.0. The first-order valence-electron chi connectivity index (χ1n) is 6.21. The standard InChI is InChI=1S/C12H22N2O4/c1-9(17)14-5-3-4-10(6-14)11(18)13-12(2,7-15)8-16/h10,15-16H,3-8H2,1-2H3,(H,13,18). The first kappa shape index (κ1) is 14.9. The molecule has 0 bridgehead atoms. The molecule has 1 rings (SSSR count). The number of hydrogen-bond acceptors (Lipinski definition) is 4. The second-order valence-electron chi connectivity index (χ2n) is 5.17. The molecule has 1 fully saturated rings. The van der Waals surface area contributed by atoms with Gasteiger partial charge in [0.2, 0.25) is 11.8 Å². The van der Waals surface area contributed by atoms with Crippen LogP contribution in [-0.2, 0) is 9.59 Å². The summed E-state index contributed by atoms with van der Waals surface area (Å²) in [6.07, 6.45) is 1.52. The minimum absolute atomic E-state index is 0.0282. The molecule has 1 saturated heterocycles. The molecular weight excluding hydrogens is 236 g/mol. The van der Waals surface area contributed by atoms with Crippen molar-refractivity contribution in [1.82, 2.24) is 10.2 Å². The lowest BCUT2D eigenvalue weighted by molar-refractivity contribution is -0.135. The third-order valence-electron chi connectivity index (χ3n) is 3.36. The summed E-state index contributed by atoms with van der Waals surface area (Å²) in [5.41, 5.74) is -1.00. The Balaban J connectivity index is 2.59. The third-order valence-corrected chi connectivity index (χ3v) is 3.36. The highest BCUT2D eigenvalue weighted by Crippen LogP contribution is 2.17. The highest BCUT2D eigenvalue weighted by Gasteiger charge is 2.31. The number of amides is 2. The van der Waals surface area contributed by atoms with Gasteiger partial charge in [0.1, 0.15) is 0 Å². The Morgan fingerprint density at radius 3 is 2.50 bits per heavy atom. The summed E-state index contributed by atoms with van der Waals surface area (Å²) in [5.74, 6) is -0.508. The molecule has 104 valence electrons. The third kappa shape index (κ3) is 3.68. The Bertz CT molecular complexity index is 315. The lowest BCUT2D eigenvalue weighted by atomic mass is 9.95. The van der Waals surface area contributed by atoms with Crippen LogP contribution in [0.25, 0.3) is 0 Å². The van der Waals surface area contributed by atoms with Crippen LogP contribution in [0.2, 0.25) is 0 Å². The molecule has 0 spiro atoms. The summed E-state index contributed by atoms with van der Waals surface area (Å²) in [5, 5.41) is 20.9. The number of rotatable bonds is 4. The Labute approximate surface area is 107 Å². The fraction of sp³-hybridized carbons (Fsp3) is 0.833. The molecule has 6 heteroatoms. The van der Waals surface area contributed by atoms with Crippen molar-refractivity contribution in [2.75, 3.05) is 26.3 Å². The molecule has 18 heavy (non-hydrogen) atoms. The molecule has 1 aliphatic rings. The Hall–Kier alpha value is -1.14. The van der Waals surface area contributed by atoms with E-state index in [0.29, 0.717) is 13.1 Å². The molecule has 0 aromatic rings. The van der Waals surface area contributed by atoms with Crippen molar-refractivity contribution in [2.45, 2.75) is 32.2 Å². The zero-order chi connectivity index (χ0) is 13.8. The molecule has 1 aliphatic heterocycles. The van der Waals surface area contributed by atoms with Crippen LogP contribution >= 0.6 is 0 Å². The maximum absolute atomic E-state index is 12.0. The van der Waals surface area contributed by atoms with E-state index < -0.39 is 5.54 Å². The van der Waals surface area contributed by atoms with Gasteiger partial charge in [-0.2, -0.15) is 0 Å². The van der Waals surface area contributed by atoms with Crippen molar-refractivity contribution < 1.29 is 19.8 Å². The fourth-order valence-corrected chi connectivity index (χ4v) is 2.01. The predicted octanol–water partition coefficient (Wildman–Crippen LogP) is -0.896. The van der Waals surface area contributed by atoms with E-state index in [1.165, 1.54) is 6.92 Å². The van der Waals surface area contributed by atoms with Crippen molar-refractivity contribution in [2.24, 2.45) is 5.92 Å². The monoisotopic (exact) mass is 258 g/mol. The molecule has 1 unspecified atom stereocenters. The second kappa shape index (κ2) is 6.15. The topological polar surface area (TPSA) is 89.9 Å². The predicted molar refractivity (Wildman–Crippen MR) is 65.7 cm³/mol. The molecule has 2 amide bonds. The van der Waals surface area contributed by atoms with Crippen LogP contribution in [0.5, 0.6) is 0 Å². The van der Waals surface area contributed by atoms with Gasteiger partial charge >= 0.3 is 0 Å². The number of carbonyl (C=O) groups is 2. The van der Waals surface area contributed by atoms with Gasteiger partial charge < -0.3 is 20.4 Å². The van der Waals surface area contributed by atoms with Crippen molar-refractivity contribution in [3.8, 4) is 0 Å². The first-order chi connectivity index (χ1) is 8.41. The molecular formula is C12H22N2O4. The van der Waals surface area contributed by atoms with Crippen molar-refractivity contribution >= 4 is 11.8 Å². The summed E-state index contributed by atoms with van der Waals surface area (Å²) in [6, 6.07) is 0. The number of aliphatic hydroxyl groups is 2. The number of carbonyl (C=O) groups excluding carboxylic acids is 2. The van der Waals surface area contributed by atoms with Gasteiger partial charge in [0, 0.05) is 20.0 Å². The van der Waals surface area contributed by atoms with E-state index in [1.54, 1.807) is 11.8 Å². The van der Waals surface area contributed by atoms with E-state index in [4.69, 9.17) is 10.2 Å². The van der Waals surface area contributed by atoms with Crippen molar-refractivity contribution in [3.63, 3.8) is 0 Å². The van der Waals surface area contributed by atoms with Gasteiger partial charge in [0.05, 0.1) is 24.7 Å². The molecule has 1 atom stereocenters. The molecule has 0 radical (unpaired) electrons. The normalized spacial score (nSPS) is 20.7. The Morgan fingerprint density at radius 2 is 2.00 bits per heavy atom. The second-order valence-corrected chi connectivity index (χ2v) is 5.17. The van der Waals surface area contributed by atoms with Gasteiger partial charge in [-0.05, 0) is 19.8 Å². The number of piperidine rings is 1. The molecule has 0 aromatic heterocycles. The van der Waals surface area contributed by atoms with E-state index >= 15 is 0 Å². The van der Waals surface area contributed by atoms with Crippen LogP contribution in [0, 0.1) is 5.92 Å². The van der Waals surface area contributed by atoms with E-state index in [2.05, 4.69) is 5.32 Å². The van der Waals surface area contributed by atoms with Gasteiger partial charge in [0.25, 0.3) is 0 Å².